The number of carbonyl (C=O) groups excluding carboxylic acids is 2. The van der Waals surface area contributed by atoms with Crippen LogP contribution in [0, 0.1) is 5.92 Å². The van der Waals surface area contributed by atoms with Gasteiger partial charge in [0, 0.05) is 39.6 Å². The van der Waals surface area contributed by atoms with Crippen molar-refractivity contribution in [1.82, 2.24) is 0 Å². The molecule has 2 aromatic carbocycles. The number of benzene rings is 2. The molecule has 2 aromatic rings. The van der Waals surface area contributed by atoms with Crippen LogP contribution in [0.1, 0.15) is 38.3 Å². The van der Waals surface area contributed by atoms with Gasteiger partial charge < -0.3 is 9.47 Å². The quantitative estimate of drug-likeness (QED) is 0.568. The van der Waals surface area contributed by atoms with Gasteiger partial charge in [0.25, 0.3) is 0 Å². The maximum absolute atomic E-state index is 12.6. The van der Waals surface area contributed by atoms with Crippen molar-refractivity contribution in [3.05, 3.63) is 81.0 Å². The van der Waals surface area contributed by atoms with E-state index in [1.807, 2.05) is 24.3 Å². The summed E-state index contributed by atoms with van der Waals surface area (Å²) in [6.07, 6.45) is 0.505. The lowest BCUT2D eigenvalue weighted by atomic mass is 9.69. The highest BCUT2D eigenvalue weighted by Gasteiger charge is 2.49. The summed E-state index contributed by atoms with van der Waals surface area (Å²) >= 11 is 12.2. The molecule has 0 amide bonds. The molecule has 0 saturated heterocycles. The highest BCUT2D eigenvalue weighted by Crippen LogP contribution is 2.48. The van der Waals surface area contributed by atoms with Crippen LogP contribution in [0.5, 0.6) is 0 Å². The number of Topliss-reactive ketones (excluding diaryl/α,β-unsaturated/α-hetero) is 1. The Balaban J connectivity index is 2.36. The largest absolute Gasteiger partial charge is 0.498 e. The predicted octanol–water partition coefficient (Wildman–Crippen LogP) is 5.70. The minimum Gasteiger partial charge on any atom is -0.498 e. The van der Waals surface area contributed by atoms with E-state index in [2.05, 4.69) is 0 Å². The molecule has 0 radical (unpaired) electrons. The third-order valence-corrected chi connectivity index (χ3v) is 5.68. The highest BCUT2D eigenvalue weighted by atomic mass is 35.5. The standard InChI is InChI=1S/C23H22Cl2O4/c1-14(26)22-15(2)28-13-12-21(22)23(29-16(3)27,17-4-8-19(24)9-5-17)18-6-10-20(25)11-7-18/h4-11,21H,12-13H2,1-3H3. The molecular weight excluding hydrogens is 411 g/mol. The summed E-state index contributed by atoms with van der Waals surface area (Å²) in [5.41, 5.74) is 0.728. The molecule has 29 heavy (non-hydrogen) atoms. The van der Waals surface area contributed by atoms with Crippen molar-refractivity contribution in [2.24, 2.45) is 5.92 Å². The van der Waals surface area contributed by atoms with Crippen molar-refractivity contribution in [2.45, 2.75) is 32.8 Å². The van der Waals surface area contributed by atoms with Crippen LogP contribution >= 0.6 is 23.2 Å². The zero-order chi connectivity index (χ0) is 21.2. The van der Waals surface area contributed by atoms with Crippen molar-refractivity contribution < 1.29 is 19.1 Å². The lowest BCUT2D eigenvalue weighted by molar-refractivity contribution is -0.160. The highest BCUT2D eigenvalue weighted by molar-refractivity contribution is 6.30. The molecule has 0 bridgehead atoms. The molecule has 0 aliphatic carbocycles. The van der Waals surface area contributed by atoms with E-state index in [4.69, 9.17) is 32.7 Å². The fourth-order valence-corrected chi connectivity index (χ4v) is 4.33. The summed E-state index contributed by atoms with van der Waals surface area (Å²) in [6.45, 7) is 5.05. The fourth-order valence-electron chi connectivity index (χ4n) is 4.08. The van der Waals surface area contributed by atoms with Crippen LogP contribution in [0.3, 0.4) is 0 Å². The number of ketones is 1. The number of rotatable bonds is 5. The molecule has 1 unspecified atom stereocenters. The fraction of sp³-hybridized carbons (Fsp3) is 0.304. The summed E-state index contributed by atoms with van der Waals surface area (Å²) in [7, 11) is 0. The van der Waals surface area contributed by atoms with Gasteiger partial charge in [-0.25, -0.2) is 0 Å². The van der Waals surface area contributed by atoms with Gasteiger partial charge in [-0.2, -0.15) is 0 Å². The van der Waals surface area contributed by atoms with Gasteiger partial charge in [-0.1, -0.05) is 47.5 Å². The Bertz CT molecular complexity index is 900. The maximum Gasteiger partial charge on any atom is 0.303 e. The van der Waals surface area contributed by atoms with Gasteiger partial charge in [-0.3, -0.25) is 9.59 Å². The van der Waals surface area contributed by atoms with E-state index in [1.165, 1.54) is 13.8 Å². The van der Waals surface area contributed by atoms with Crippen LogP contribution in [-0.4, -0.2) is 18.4 Å². The van der Waals surface area contributed by atoms with E-state index < -0.39 is 17.5 Å². The first kappa shape index (κ1) is 21.4. The summed E-state index contributed by atoms with van der Waals surface area (Å²) in [6, 6.07) is 14.3. The van der Waals surface area contributed by atoms with Gasteiger partial charge in [0.1, 0.15) is 5.76 Å². The number of hydrogen-bond acceptors (Lipinski definition) is 4. The minimum atomic E-state index is -1.23. The summed E-state index contributed by atoms with van der Waals surface area (Å²) in [5, 5.41) is 1.12. The minimum absolute atomic E-state index is 0.119. The van der Waals surface area contributed by atoms with Crippen LogP contribution in [0.2, 0.25) is 10.0 Å². The second-order valence-electron chi connectivity index (χ2n) is 7.06. The summed E-state index contributed by atoms with van der Waals surface area (Å²) in [5.74, 6) is -0.457. The van der Waals surface area contributed by atoms with Gasteiger partial charge in [0.15, 0.2) is 11.4 Å². The third-order valence-electron chi connectivity index (χ3n) is 5.17. The van der Waals surface area contributed by atoms with Crippen LogP contribution < -0.4 is 0 Å². The van der Waals surface area contributed by atoms with E-state index >= 15 is 0 Å². The zero-order valence-corrected chi connectivity index (χ0v) is 18.0. The molecule has 152 valence electrons. The summed E-state index contributed by atoms with van der Waals surface area (Å²) in [4.78, 5) is 24.9. The Morgan fingerprint density at radius 2 is 1.45 bits per heavy atom. The zero-order valence-electron chi connectivity index (χ0n) is 16.5. The van der Waals surface area contributed by atoms with Crippen LogP contribution in [0.25, 0.3) is 0 Å². The Morgan fingerprint density at radius 3 is 1.86 bits per heavy atom. The average Bonchev–Trinajstić information content (AvgIpc) is 2.67. The Hall–Kier alpha value is -2.30. The van der Waals surface area contributed by atoms with Crippen molar-refractivity contribution in [2.75, 3.05) is 6.61 Å². The van der Waals surface area contributed by atoms with Crippen molar-refractivity contribution >= 4 is 35.0 Å². The molecule has 1 atom stereocenters. The molecule has 0 N–H and O–H groups in total. The third kappa shape index (κ3) is 4.19. The van der Waals surface area contributed by atoms with E-state index in [0.717, 1.165) is 11.1 Å². The van der Waals surface area contributed by atoms with Gasteiger partial charge >= 0.3 is 5.97 Å². The number of ether oxygens (including phenoxy) is 2. The molecule has 0 fully saturated rings. The molecule has 1 aliphatic heterocycles. The molecule has 0 aromatic heterocycles. The van der Waals surface area contributed by atoms with Crippen molar-refractivity contribution in [3.63, 3.8) is 0 Å². The van der Waals surface area contributed by atoms with E-state index in [9.17, 15) is 9.59 Å². The number of esters is 1. The van der Waals surface area contributed by atoms with Crippen LogP contribution in [0.15, 0.2) is 59.9 Å². The smallest absolute Gasteiger partial charge is 0.303 e. The topological polar surface area (TPSA) is 52.6 Å². The van der Waals surface area contributed by atoms with Crippen molar-refractivity contribution in [3.8, 4) is 0 Å². The molecule has 6 heteroatoms. The predicted molar refractivity (Wildman–Crippen MR) is 113 cm³/mol. The maximum atomic E-state index is 12.6. The van der Waals surface area contributed by atoms with Gasteiger partial charge in [0.05, 0.1) is 6.61 Å². The van der Waals surface area contributed by atoms with Crippen LogP contribution in [-0.2, 0) is 24.7 Å². The summed E-state index contributed by atoms with van der Waals surface area (Å²) < 4.78 is 11.8. The molecular formula is C23H22Cl2O4. The Kier molecular flexibility index (Phi) is 6.35. The van der Waals surface area contributed by atoms with Gasteiger partial charge in [-0.15, -0.1) is 0 Å². The number of carbonyl (C=O) groups is 2. The number of allylic oxidation sites excluding steroid dienone is 1. The van der Waals surface area contributed by atoms with E-state index in [-0.39, 0.29) is 5.78 Å². The van der Waals surface area contributed by atoms with Gasteiger partial charge in [0.2, 0.25) is 0 Å². The average molecular weight is 433 g/mol. The molecule has 0 spiro atoms. The van der Waals surface area contributed by atoms with E-state index in [0.29, 0.717) is 34.4 Å². The van der Waals surface area contributed by atoms with Crippen LogP contribution in [0.4, 0.5) is 0 Å². The first-order valence-electron chi connectivity index (χ1n) is 9.32. The second-order valence-corrected chi connectivity index (χ2v) is 7.93. The number of halogens is 2. The molecule has 1 aliphatic rings. The normalized spacial score (nSPS) is 16.9. The molecule has 1 heterocycles. The molecule has 0 saturated carbocycles. The lowest BCUT2D eigenvalue weighted by Gasteiger charge is -2.43. The lowest BCUT2D eigenvalue weighted by Crippen LogP contribution is -2.45. The molecule has 3 rings (SSSR count). The van der Waals surface area contributed by atoms with E-state index in [1.54, 1.807) is 31.2 Å². The monoisotopic (exact) mass is 432 g/mol. The first-order chi connectivity index (χ1) is 13.8. The van der Waals surface area contributed by atoms with Crippen molar-refractivity contribution in [1.29, 1.82) is 0 Å². The Morgan fingerprint density at radius 1 is 0.966 bits per heavy atom. The SMILES string of the molecule is CC(=O)OC(c1ccc(Cl)cc1)(c1ccc(Cl)cc1)C1CCOC(C)=C1C(C)=O. The molecule has 4 nitrogen and oxygen atoms in total. The number of hydrogen-bond donors (Lipinski definition) is 0. The van der Waals surface area contributed by atoms with Gasteiger partial charge in [-0.05, 0) is 44.5 Å². The Labute approximate surface area is 180 Å². The second kappa shape index (κ2) is 8.60. The first-order valence-corrected chi connectivity index (χ1v) is 10.1.